The van der Waals surface area contributed by atoms with E-state index in [0.29, 0.717) is 18.9 Å². The molecule has 6 nitrogen and oxygen atoms in total. The Morgan fingerprint density at radius 3 is 2.90 bits per heavy atom. The molecule has 2 aliphatic heterocycles. The summed E-state index contributed by atoms with van der Waals surface area (Å²) in [5.74, 6) is 0.485. The largest absolute Gasteiger partial charge is 0.396 e. The molecule has 1 amide bonds. The Morgan fingerprint density at radius 1 is 1.57 bits per heavy atom. The standard InChI is InChI=1S/C13H20N4O2.2ClH/c1-9-11(16-8-15-9)2-12(19)17-4-10-3-14-5-13(10,6-17)7-18;;/h8,10,14,18H,2-7H2,1H3,(H,15,16);2*1H. The van der Waals surface area contributed by atoms with Gasteiger partial charge >= 0.3 is 0 Å². The molecule has 3 rings (SSSR count). The first-order chi connectivity index (χ1) is 9.14. The molecule has 2 fully saturated rings. The van der Waals surface area contributed by atoms with Gasteiger partial charge in [0.25, 0.3) is 0 Å². The first kappa shape index (κ1) is 18.2. The average Bonchev–Trinajstić information content (AvgIpc) is 3.03. The fraction of sp³-hybridized carbons (Fsp3) is 0.692. The van der Waals surface area contributed by atoms with Crippen molar-refractivity contribution in [1.29, 1.82) is 0 Å². The van der Waals surface area contributed by atoms with Crippen molar-refractivity contribution < 1.29 is 9.90 Å². The number of aliphatic hydroxyl groups excluding tert-OH is 1. The van der Waals surface area contributed by atoms with Crippen molar-refractivity contribution in [2.24, 2.45) is 11.3 Å². The number of aryl methyl sites for hydroxylation is 1. The van der Waals surface area contributed by atoms with Gasteiger partial charge in [-0.15, -0.1) is 24.8 Å². The lowest BCUT2D eigenvalue weighted by Gasteiger charge is -2.25. The Morgan fingerprint density at radius 2 is 2.33 bits per heavy atom. The Bertz CT molecular complexity index is 496. The number of halogens is 2. The maximum Gasteiger partial charge on any atom is 0.228 e. The van der Waals surface area contributed by atoms with Gasteiger partial charge in [-0.3, -0.25) is 4.79 Å². The molecule has 1 aromatic rings. The van der Waals surface area contributed by atoms with E-state index in [9.17, 15) is 9.90 Å². The van der Waals surface area contributed by atoms with E-state index in [1.807, 2.05) is 11.8 Å². The van der Waals surface area contributed by atoms with Crippen molar-refractivity contribution in [2.45, 2.75) is 13.3 Å². The Kier molecular flexibility index (Phi) is 6.04. The fourth-order valence-electron chi connectivity index (χ4n) is 3.26. The van der Waals surface area contributed by atoms with Gasteiger partial charge in [-0.05, 0) is 12.8 Å². The summed E-state index contributed by atoms with van der Waals surface area (Å²) in [4.78, 5) is 21.4. The number of aliphatic hydroxyl groups is 1. The highest BCUT2D eigenvalue weighted by Gasteiger charge is 2.50. The molecule has 2 atom stereocenters. The van der Waals surface area contributed by atoms with E-state index in [-0.39, 0.29) is 42.7 Å². The first-order valence-electron chi connectivity index (χ1n) is 6.73. The van der Waals surface area contributed by atoms with Crippen LogP contribution in [0.2, 0.25) is 0 Å². The molecule has 0 bridgehead atoms. The van der Waals surface area contributed by atoms with E-state index in [0.717, 1.165) is 31.0 Å². The SMILES string of the molecule is Cc1[nH]cnc1CC(=O)N1CC2CNCC2(CO)C1.Cl.Cl. The zero-order valence-corrected chi connectivity index (χ0v) is 13.6. The highest BCUT2D eigenvalue weighted by Crippen LogP contribution is 2.38. The number of aromatic amines is 1. The molecule has 1 aromatic heterocycles. The normalized spacial score (nSPS) is 27.0. The van der Waals surface area contributed by atoms with Crippen LogP contribution < -0.4 is 5.32 Å². The van der Waals surface area contributed by atoms with Gasteiger partial charge in [0.2, 0.25) is 5.91 Å². The smallest absolute Gasteiger partial charge is 0.228 e. The lowest BCUT2D eigenvalue weighted by Crippen LogP contribution is -2.38. The van der Waals surface area contributed by atoms with E-state index in [4.69, 9.17) is 0 Å². The molecule has 21 heavy (non-hydrogen) atoms. The highest BCUT2D eigenvalue weighted by atomic mass is 35.5. The number of likely N-dealkylation sites (tertiary alicyclic amines) is 1. The van der Waals surface area contributed by atoms with Crippen molar-refractivity contribution in [3.63, 3.8) is 0 Å². The fourth-order valence-corrected chi connectivity index (χ4v) is 3.26. The number of carbonyl (C=O) groups is 1. The monoisotopic (exact) mass is 336 g/mol. The number of imidazole rings is 1. The van der Waals surface area contributed by atoms with Gasteiger partial charge in [0.05, 0.1) is 25.0 Å². The van der Waals surface area contributed by atoms with Crippen LogP contribution in [0.4, 0.5) is 0 Å². The number of rotatable bonds is 3. The van der Waals surface area contributed by atoms with Crippen LogP contribution in [0.15, 0.2) is 6.33 Å². The third-order valence-electron chi connectivity index (χ3n) is 4.60. The number of H-pyrrole nitrogens is 1. The van der Waals surface area contributed by atoms with E-state index < -0.39 is 0 Å². The van der Waals surface area contributed by atoms with Gasteiger partial charge in [-0.2, -0.15) is 0 Å². The Balaban J connectivity index is 0.00000110. The van der Waals surface area contributed by atoms with Crippen molar-refractivity contribution in [3.05, 3.63) is 17.7 Å². The second-order valence-electron chi connectivity index (χ2n) is 5.77. The van der Waals surface area contributed by atoms with Gasteiger partial charge in [-0.25, -0.2) is 4.98 Å². The van der Waals surface area contributed by atoms with Crippen LogP contribution in [0.1, 0.15) is 11.4 Å². The number of fused-ring (bicyclic) bond motifs is 1. The van der Waals surface area contributed by atoms with Gasteiger partial charge in [-0.1, -0.05) is 0 Å². The first-order valence-corrected chi connectivity index (χ1v) is 6.73. The maximum absolute atomic E-state index is 12.3. The van der Waals surface area contributed by atoms with Crippen molar-refractivity contribution in [2.75, 3.05) is 32.8 Å². The third-order valence-corrected chi connectivity index (χ3v) is 4.60. The number of hydrogen-bond donors (Lipinski definition) is 3. The summed E-state index contributed by atoms with van der Waals surface area (Å²) >= 11 is 0. The molecule has 2 unspecified atom stereocenters. The number of carbonyl (C=O) groups excluding carboxylic acids is 1. The summed E-state index contributed by atoms with van der Waals surface area (Å²) in [7, 11) is 0. The second kappa shape index (κ2) is 6.96. The topological polar surface area (TPSA) is 81.2 Å². The summed E-state index contributed by atoms with van der Waals surface area (Å²) in [6.45, 7) is 5.17. The van der Waals surface area contributed by atoms with Crippen LogP contribution in [0, 0.1) is 18.3 Å². The van der Waals surface area contributed by atoms with E-state index >= 15 is 0 Å². The summed E-state index contributed by atoms with van der Waals surface area (Å²) < 4.78 is 0. The zero-order valence-electron chi connectivity index (χ0n) is 12.0. The number of nitrogens with zero attached hydrogens (tertiary/aromatic N) is 2. The van der Waals surface area contributed by atoms with Gasteiger partial charge in [0, 0.05) is 37.3 Å². The molecule has 3 heterocycles. The van der Waals surface area contributed by atoms with Crippen LogP contribution in [0.25, 0.3) is 0 Å². The van der Waals surface area contributed by atoms with Crippen molar-refractivity contribution >= 4 is 30.7 Å². The summed E-state index contributed by atoms with van der Waals surface area (Å²) in [5.41, 5.74) is 1.64. The molecule has 120 valence electrons. The molecular formula is C13H22Cl2N4O2. The molecular weight excluding hydrogens is 315 g/mol. The van der Waals surface area contributed by atoms with Crippen molar-refractivity contribution in [3.8, 4) is 0 Å². The van der Waals surface area contributed by atoms with Gasteiger partial charge in [0.15, 0.2) is 0 Å². The van der Waals surface area contributed by atoms with E-state index in [1.165, 1.54) is 0 Å². The predicted molar refractivity (Wildman–Crippen MR) is 84.0 cm³/mol. The minimum Gasteiger partial charge on any atom is -0.396 e. The van der Waals surface area contributed by atoms with Crippen LogP contribution in [0.5, 0.6) is 0 Å². The van der Waals surface area contributed by atoms with Crippen LogP contribution in [0.3, 0.4) is 0 Å². The molecule has 0 aromatic carbocycles. The molecule has 0 radical (unpaired) electrons. The Labute approximate surface area is 136 Å². The zero-order chi connectivity index (χ0) is 13.5. The summed E-state index contributed by atoms with van der Waals surface area (Å²) in [6, 6.07) is 0. The molecule has 0 aliphatic carbocycles. The Hall–Kier alpha value is -0.820. The third kappa shape index (κ3) is 3.18. The quantitative estimate of drug-likeness (QED) is 0.733. The van der Waals surface area contributed by atoms with Gasteiger partial charge < -0.3 is 20.3 Å². The molecule has 2 saturated heterocycles. The number of aromatic nitrogens is 2. The summed E-state index contributed by atoms with van der Waals surface area (Å²) in [6.07, 6.45) is 1.97. The van der Waals surface area contributed by atoms with Gasteiger partial charge in [0.1, 0.15) is 0 Å². The molecule has 0 saturated carbocycles. The minimum absolute atomic E-state index is 0. The van der Waals surface area contributed by atoms with Crippen molar-refractivity contribution in [1.82, 2.24) is 20.2 Å². The van der Waals surface area contributed by atoms with Crippen LogP contribution in [-0.4, -0.2) is 58.7 Å². The maximum atomic E-state index is 12.3. The molecule has 3 N–H and O–H groups in total. The number of hydrogen-bond acceptors (Lipinski definition) is 4. The van der Waals surface area contributed by atoms with E-state index in [2.05, 4.69) is 15.3 Å². The molecule has 0 spiro atoms. The highest BCUT2D eigenvalue weighted by molar-refractivity contribution is 5.85. The van der Waals surface area contributed by atoms with Crippen LogP contribution in [-0.2, 0) is 11.2 Å². The molecule has 8 heteroatoms. The lowest BCUT2D eigenvalue weighted by molar-refractivity contribution is -0.130. The van der Waals surface area contributed by atoms with E-state index in [1.54, 1.807) is 6.33 Å². The van der Waals surface area contributed by atoms with Crippen LogP contribution >= 0.6 is 24.8 Å². The second-order valence-corrected chi connectivity index (χ2v) is 5.77. The summed E-state index contributed by atoms with van der Waals surface area (Å²) in [5, 5.41) is 12.9. The lowest BCUT2D eigenvalue weighted by atomic mass is 9.82. The minimum atomic E-state index is -0.129. The predicted octanol–water partition coefficient (Wildman–Crippen LogP) is 0.145. The number of amides is 1. The molecule has 2 aliphatic rings. The number of nitrogens with one attached hydrogen (secondary N) is 2. The average molecular weight is 337 g/mol.